The Morgan fingerprint density at radius 2 is 2.10 bits per heavy atom. The maximum atomic E-state index is 12.7. The normalized spacial score (nSPS) is 21.3. The molecule has 2 rings (SSSR count). The molecule has 1 heterocycles. The maximum Gasteiger partial charge on any atom is 0.243 e. The Bertz CT molecular complexity index is 586. The van der Waals surface area contributed by atoms with Crippen molar-refractivity contribution in [3.05, 3.63) is 23.8 Å². The number of hydrogen-bond donors (Lipinski definition) is 1. The van der Waals surface area contributed by atoms with E-state index in [1.54, 1.807) is 25.2 Å². The van der Waals surface area contributed by atoms with Crippen LogP contribution in [-0.2, 0) is 10.0 Å². The smallest absolute Gasteiger partial charge is 0.243 e. The molecule has 0 amide bonds. The van der Waals surface area contributed by atoms with Crippen LogP contribution in [0.1, 0.15) is 18.4 Å². The van der Waals surface area contributed by atoms with Crippen molar-refractivity contribution in [3.8, 4) is 0 Å². The number of piperidine rings is 1. The summed E-state index contributed by atoms with van der Waals surface area (Å²) in [7, 11) is 0.249. The molecule has 0 aromatic heterocycles. The molecule has 20 heavy (non-hydrogen) atoms. The second kappa shape index (κ2) is 5.71. The minimum absolute atomic E-state index is 0.0385. The highest BCUT2D eigenvalue weighted by Crippen LogP contribution is 2.24. The Morgan fingerprint density at radius 3 is 2.70 bits per heavy atom. The Morgan fingerprint density at radius 1 is 1.40 bits per heavy atom. The van der Waals surface area contributed by atoms with E-state index in [0.717, 1.165) is 31.5 Å². The first-order valence-corrected chi connectivity index (χ1v) is 8.29. The van der Waals surface area contributed by atoms with E-state index in [-0.39, 0.29) is 6.04 Å². The van der Waals surface area contributed by atoms with Crippen LogP contribution in [0.25, 0.3) is 0 Å². The quantitative estimate of drug-likeness (QED) is 0.854. The van der Waals surface area contributed by atoms with E-state index in [1.165, 1.54) is 4.31 Å². The first-order valence-electron chi connectivity index (χ1n) is 6.85. The molecule has 1 aromatic carbocycles. The molecular weight excluding hydrogens is 274 g/mol. The number of likely N-dealkylation sites (N-methyl/N-ethyl adjacent to an activating group) is 2. The van der Waals surface area contributed by atoms with Crippen LogP contribution in [0.5, 0.6) is 0 Å². The number of nitrogen functional groups attached to an aromatic ring is 1. The van der Waals surface area contributed by atoms with Gasteiger partial charge in [-0.15, -0.1) is 0 Å². The molecule has 1 saturated heterocycles. The summed E-state index contributed by atoms with van der Waals surface area (Å²) in [4.78, 5) is 2.49. The Kier molecular flexibility index (Phi) is 4.36. The number of aryl methyl sites for hydroxylation is 1. The Labute approximate surface area is 121 Å². The summed E-state index contributed by atoms with van der Waals surface area (Å²) < 4.78 is 26.8. The molecule has 0 spiro atoms. The highest BCUT2D eigenvalue weighted by atomic mass is 32.2. The van der Waals surface area contributed by atoms with Gasteiger partial charge in [-0.25, -0.2) is 8.42 Å². The SMILES string of the molecule is Cc1cc(S(=O)(=O)N(C)C2CCCN(C)C2)ccc1N. The van der Waals surface area contributed by atoms with E-state index in [4.69, 9.17) is 5.73 Å². The van der Waals surface area contributed by atoms with Gasteiger partial charge in [-0.2, -0.15) is 4.31 Å². The van der Waals surface area contributed by atoms with Gasteiger partial charge in [-0.05, 0) is 57.1 Å². The van der Waals surface area contributed by atoms with Gasteiger partial charge in [0.1, 0.15) is 0 Å². The zero-order valence-corrected chi connectivity index (χ0v) is 13.2. The van der Waals surface area contributed by atoms with E-state index < -0.39 is 10.0 Å². The fraction of sp³-hybridized carbons (Fsp3) is 0.571. The molecule has 1 aliphatic rings. The highest BCUT2D eigenvalue weighted by Gasteiger charge is 2.30. The van der Waals surface area contributed by atoms with Crippen molar-refractivity contribution in [2.24, 2.45) is 0 Å². The second-order valence-electron chi connectivity index (χ2n) is 5.60. The summed E-state index contributed by atoms with van der Waals surface area (Å²) in [6.07, 6.45) is 1.94. The molecule has 0 radical (unpaired) electrons. The first kappa shape index (κ1) is 15.3. The van der Waals surface area contributed by atoms with Gasteiger partial charge < -0.3 is 10.6 Å². The van der Waals surface area contributed by atoms with E-state index in [9.17, 15) is 8.42 Å². The lowest BCUT2D eigenvalue weighted by Gasteiger charge is -2.35. The zero-order valence-electron chi connectivity index (χ0n) is 12.3. The van der Waals surface area contributed by atoms with Crippen molar-refractivity contribution in [1.29, 1.82) is 0 Å². The maximum absolute atomic E-state index is 12.7. The topological polar surface area (TPSA) is 66.6 Å². The number of nitrogens with zero attached hydrogens (tertiary/aromatic N) is 2. The number of nitrogens with two attached hydrogens (primary N) is 1. The second-order valence-corrected chi connectivity index (χ2v) is 7.60. The predicted molar refractivity (Wildman–Crippen MR) is 81.1 cm³/mol. The van der Waals surface area contributed by atoms with Crippen molar-refractivity contribution in [2.45, 2.75) is 30.7 Å². The number of sulfonamides is 1. The minimum atomic E-state index is -3.45. The molecule has 2 N–H and O–H groups in total. The van der Waals surface area contributed by atoms with Crippen molar-refractivity contribution in [2.75, 3.05) is 32.9 Å². The van der Waals surface area contributed by atoms with Crippen LogP contribution in [0.2, 0.25) is 0 Å². The van der Waals surface area contributed by atoms with Gasteiger partial charge in [0.25, 0.3) is 0 Å². The van der Waals surface area contributed by atoms with Crippen LogP contribution in [0, 0.1) is 6.92 Å². The zero-order chi connectivity index (χ0) is 14.9. The molecule has 0 saturated carbocycles. The molecule has 1 atom stereocenters. The Hall–Kier alpha value is -1.11. The lowest BCUT2D eigenvalue weighted by Crippen LogP contribution is -2.47. The number of anilines is 1. The van der Waals surface area contributed by atoms with Gasteiger partial charge in [0.2, 0.25) is 10.0 Å². The van der Waals surface area contributed by atoms with Crippen molar-refractivity contribution >= 4 is 15.7 Å². The average Bonchev–Trinajstić information content (AvgIpc) is 2.40. The fourth-order valence-corrected chi connectivity index (χ4v) is 4.07. The molecule has 1 fully saturated rings. The standard InChI is InChI=1S/C14H23N3O2S/c1-11-9-13(6-7-14(11)15)20(18,19)17(3)12-5-4-8-16(2)10-12/h6-7,9,12H,4-5,8,10,15H2,1-3H3. The summed E-state index contributed by atoms with van der Waals surface area (Å²) in [6, 6.07) is 4.92. The van der Waals surface area contributed by atoms with Gasteiger partial charge in [-0.3, -0.25) is 0 Å². The molecule has 1 unspecified atom stereocenters. The van der Waals surface area contributed by atoms with Gasteiger partial charge in [0.05, 0.1) is 4.90 Å². The van der Waals surface area contributed by atoms with Crippen LogP contribution >= 0.6 is 0 Å². The molecular formula is C14H23N3O2S. The van der Waals surface area contributed by atoms with Gasteiger partial charge in [0, 0.05) is 25.3 Å². The van der Waals surface area contributed by atoms with Gasteiger partial charge in [0.15, 0.2) is 0 Å². The molecule has 1 aromatic rings. The summed E-state index contributed by atoms with van der Waals surface area (Å²) in [5.41, 5.74) is 7.16. The third kappa shape index (κ3) is 2.97. The number of likely N-dealkylation sites (tertiary alicyclic amines) is 1. The Balaban J connectivity index is 2.26. The van der Waals surface area contributed by atoms with Gasteiger partial charge >= 0.3 is 0 Å². The lowest BCUT2D eigenvalue weighted by molar-refractivity contribution is 0.187. The monoisotopic (exact) mass is 297 g/mol. The average molecular weight is 297 g/mol. The number of rotatable bonds is 3. The summed E-state index contributed by atoms with van der Waals surface area (Å²) >= 11 is 0. The van der Waals surface area contributed by atoms with E-state index in [1.807, 2.05) is 14.0 Å². The van der Waals surface area contributed by atoms with Gasteiger partial charge in [-0.1, -0.05) is 0 Å². The predicted octanol–water partition coefficient (Wildman–Crippen LogP) is 1.29. The molecule has 1 aliphatic heterocycles. The van der Waals surface area contributed by atoms with E-state index in [0.29, 0.717) is 10.6 Å². The summed E-state index contributed by atoms with van der Waals surface area (Å²) in [5, 5.41) is 0. The summed E-state index contributed by atoms with van der Waals surface area (Å²) in [6.45, 7) is 3.64. The largest absolute Gasteiger partial charge is 0.399 e. The van der Waals surface area contributed by atoms with Crippen molar-refractivity contribution < 1.29 is 8.42 Å². The third-order valence-electron chi connectivity index (χ3n) is 4.03. The minimum Gasteiger partial charge on any atom is -0.399 e. The molecule has 112 valence electrons. The molecule has 6 heteroatoms. The fourth-order valence-electron chi connectivity index (χ4n) is 2.61. The molecule has 5 nitrogen and oxygen atoms in total. The molecule has 0 aliphatic carbocycles. The van der Waals surface area contributed by atoms with Crippen LogP contribution in [-0.4, -0.2) is 50.8 Å². The van der Waals surface area contributed by atoms with E-state index >= 15 is 0 Å². The molecule has 0 bridgehead atoms. The number of benzene rings is 1. The van der Waals surface area contributed by atoms with Crippen LogP contribution in [0.15, 0.2) is 23.1 Å². The highest BCUT2D eigenvalue weighted by molar-refractivity contribution is 7.89. The van der Waals surface area contributed by atoms with Crippen LogP contribution < -0.4 is 5.73 Å². The van der Waals surface area contributed by atoms with E-state index in [2.05, 4.69) is 4.90 Å². The lowest BCUT2D eigenvalue weighted by atomic mass is 10.1. The van der Waals surface area contributed by atoms with Crippen LogP contribution in [0.4, 0.5) is 5.69 Å². The van der Waals surface area contributed by atoms with Crippen molar-refractivity contribution in [3.63, 3.8) is 0 Å². The number of hydrogen-bond acceptors (Lipinski definition) is 4. The summed E-state index contributed by atoms with van der Waals surface area (Å²) in [5.74, 6) is 0. The first-order chi connectivity index (χ1) is 9.32. The van der Waals surface area contributed by atoms with Crippen molar-refractivity contribution in [1.82, 2.24) is 9.21 Å². The van der Waals surface area contributed by atoms with Crippen LogP contribution in [0.3, 0.4) is 0 Å². The third-order valence-corrected chi connectivity index (χ3v) is 5.94.